The number of pyridine rings is 1. The molecular weight excluding hydrogens is 365 g/mol. The van der Waals surface area contributed by atoms with Gasteiger partial charge in [0, 0.05) is 45.3 Å². The number of hydrogen-bond donors (Lipinski definition) is 3. The van der Waals surface area contributed by atoms with Gasteiger partial charge in [-0.1, -0.05) is 23.2 Å². The Balaban J connectivity index is 1.55. The molecule has 2 heterocycles. The highest BCUT2D eigenvalue weighted by Crippen LogP contribution is 2.21. The summed E-state index contributed by atoms with van der Waals surface area (Å²) in [7, 11) is 0. The molecule has 0 saturated carbocycles. The first-order chi connectivity index (χ1) is 12.1. The summed E-state index contributed by atoms with van der Waals surface area (Å²) in [6.45, 7) is 2.86. The first-order valence-corrected chi connectivity index (χ1v) is 9.16. The van der Waals surface area contributed by atoms with Gasteiger partial charge in [0.2, 0.25) is 5.91 Å². The van der Waals surface area contributed by atoms with Gasteiger partial charge in [-0.05, 0) is 25.3 Å². The van der Waals surface area contributed by atoms with Gasteiger partial charge in [0.25, 0.3) is 0 Å². The summed E-state index contributed by atoms with van der Waals surface area (Å²) < 4.78 is 0. The van der Waals surface area contributed by atoms with Gasteiger partial charge in [-0.2, -0.15) is 0 Å². The van der Waals surface area contributed by atoms with Crippen LogP contribution in [0.2, 0.25) is 10.0 Å². The molecule has 3 N–H and O–H groups in total. The highest BCUT2D eigenvalue weighted by atomic mass is 35.5. The molecule has 0 spiro atoms. The van der Waals surface area contributed by atoms with E-state index in [0.717, 1.165) is 25.9 Å². The van der Waals surface area contributed by atoms with E-state index in [2.05, 4.69) is 20.9 Å². The number of aromatic nitrogens is 1. The fourth-order valence-corrected chi connectivity index (χ4v) is 3.00. The van der Waals surface area contributed by atoms with Crippen molar-refractivity contribution in [2.24, 2.45) is 0 Å². The van der Waals surface area contributed by atoms with Crippen molar-refractivity contribution in [3.05, 3.63) is 22.3 Å². The van der Waals surface area contributed by atoms with Gasteiger partial charge < -0.3 is 20.9 Å². The van der Waals surface area contributed by atoms with Crippen LogP contribution >= 0.6 is 23.2 Å². The van der Waals surface area contributed by atoms with Crippen molar-refractivity contribution < 1.29 is 9.59 Å². The molecule has 3 amide bonds. The third-order valence-electron chi connectivity index (χ3n) is 3.84. The van der Waals surface area contributed by atoms with Crippen LogP contribution in [0.25, 0.3) is 0 Å². The molecule has 1 fully saturated rings. The number of nitrogens with one attached hydrogen (secondary N) is 3. The van der Waals surface area contributed by atoms with Crippen molar-refractivity contribution in [2.45, 2.75) is 25.7 Å². The SMILES string of the molecule is O=C(NCCNc1ncc(Cl)cc1Cl)NCCC(=O)N1CCCCC1. The highest BCUT2D eigenvalue weighted by molar-refractivity contribution is 6.35. The quantitative estimate of drug-likeness (QED) is 0.627. The van der Waals surface area contributed by atoms with Crippen LogP contribution in [0.4, 0.5) is 10.6 Å². The van der Waals surface area contributed by atoms with Crippen LogP contribution in [0.3, 0.4) is 0 Å². The summed E-state index contributed by atoms with van der Waals surface area (Å²) in [6.07, 6.45) is 5.15. The van der Waals surface area contributed by atoms with E-state index in [9.17, 15) is 9.59 Å². The molecule has 1 aromatic rings. The summed E-state index contributed by atoms with van der Waals surface area (Å²) in [5, 5.41) is 9.29. The zero-order valence-electron chi connectivity index (χ0n) is 14.0. The van der Waals surface area contributed by atoms with Crippen LogP contribution in [-0.4, -0.2) is 54.5 Å². The molecule has 7 nitrogen and oxygen atoms in total. The second kappa shape index (κ2) is 10.3. The number of rotatable bonds is 7. The number of carbonyl (C=O) groups excluding carboxylic acids is 2. The first kappa shape index (κ1) is 19.6. The molecule has 138 valence electrons. The van der Waals surface area contributed by atoms with Crippen LogP contribution < -0.4 is 16.0 Å². The maximum atomic E-state index is 12.0. The predicted octanol–water partition coefficient (Wildman–Crippen LogP) is 2.50. The van der Waals surface area contributed by atoms with Crippen LogP contribution in [0.5, 0.6) is 0 Å². The van der Waals surface area contributed by atoms with Gasteiger partial charge >= 0.3 is 6.03 Å². The number of likely N-dealkylation sites (tertiary alicyclic amines) is 1. The number of carbonyl (C=O) groups is 2. The van der Waals surface area contributed by atoms with E-state index in [4.69, 9.17) is 23.2 Å². The Hall–Kier alpha value is -1.73. The lowest BCUT2D eigenvalue weighted by Gasteiger charge is -2.26. The number of nitrogens with zero attached hydrogens (tertiary/aromatic N) is 2. The monoisotopic (exact) mass is 387 g/mol. The lowest BCUT2D eigenvalue weighted by atomic mass is 10.1. The number of halogens is 2. The molecule has 1 saturated heterocycles. The van der Waals surface area contributed by atoms with Gasteiger partial charge in [-0.3, -0.25) is 4.79 Å². The first-order valence-electron chi connectivity index (χ1n) is 8.40. The minimum Gasteiger partial charge on any atom is -0.367 e. The van der Waals surface area contributed by atoms with E-state index in [1.165, 1.54) is 12.6 Å². The van der Waals surface area contributed by atoms with E-state index in [-0.39, 0.29) is 11.9 Å². The average Bonchev–Trinajstić information content (AvgIpc) is 2.61. The van der Waals surface area contributed by atoms with Crippen molar-refractivity contribution >= 4 is 41.0 Å². The van der Waals surface area contributed by atoms with Crippen molar-refractivity contribution in [3.8, 4) is 0 Å². The van der Waals surface area contributed by atoms with Crippen molar-refractivity contribution in [3.63, 3.8) is 0 Å². The summed E-state index contributed by atoms with van der Waals surface area (Å²) in [5.41, 5.74) is 0. The summed E-state index contributed by atoms with van der Waals surface area (Å²) in [4.78, 5) is 29.6. The summed E-state index contributed by atoms with van der Waals surface area (Å²) in [5.74, 6) is 0.616. The van der Waals surface area contributed by atoms with E-state index in [1.54, 1.807) is 6.07 Å². The molecule has 0 bridgehead atoms. The van der Waals surface area contributed by atoms with E-state index >= 15 is 0 Å². The maximum Gasteiger partial charge on any atom is 0.314 e. The van der Waals surface area contributed by atoms with Gasteiger partial charge in [0.05, 0.1) is 10.0 Å². The minimum atomic E-state index is -0.302. The number of amides is 3. The summed E-state index contributed by atoms with van der Waals surface area (Å²) in [6, 6.07) is 1.29. The standard InChI is InChI=1S/C16H23Cl2N5O2/c17-12-10-13(18)15(22-11-12)19-6-7-21-16(25)20-5-4-14(24)23-8-2-1-3-9-23/h10-11H,1-9H2,(H,19,22)(H2,20,21,25). The average molecular weight is 388 g/mol. The van der Waals surface area contributed by atoms with Crippen LogP contribution in [0.1, 0.15) is 25.7 Å². The number of anilines is 1. The van der Waals surface area contributed by atoms with Crippen molar-refractivity contribution in [2.75, 3.05) is 38.0 Å². The zero-order valence-corrected chi connectivity index (χ0v) is 15.5. The van der Waals surface area contributed by atoms with Crippen molar-refractivity contribution in [1.29, 1.82) is 0 Å². The highest BCUT2D eigenvalue weighted by Gasteiger charge is 2.15. The summed E-state index contributed by atoms with van der Waals surface area (Å²) >= 11 is 11.8. The molecule has 0 unspecified atom stereocenters. The molecule has 0 radical (unpaired) electrons. The van der Waals surface area contributed by atoms with Crippen LogP contribution in [-0.2, 0) is 4.79 Å². The third-order valence-corrected chi connectivity index (χ3v) is 4.34. The molecule has 1 aromatic heterocycles. The Morgan fingerprint density at radius 3 is 2.52 bits per heavy atom. The lowest BCUT2D eigenvalue weighted by Crippen LogP contribution is -2.41. The van der Waals surface area contributed by atoms with Crippen molar-refractivity contribution in [1.82, 2.24) is 20.5 Å². The largest absolute Gasteiger partial charge is 0.367 e. The number of piperidine rings is 1. The Kier molecular flexibility index (Phi) is 8.08. The van der Waals surface area contributed by atoms with Crippen LogP contribution in [0.15, 0.2) is 12.3 Å². The second-order valence-electron chi connectivity index (χ2n) is 5.78. The predicted molar refractivity (Wildman–Crippen MR) is 99.2 cm³/mol. The molecule has 2 rings (SSSR count). The molecule has 9 heteroatoms. The molecule has 0 atom stereocenters. The Morgan fingerprint density at radius 1 is 1.08 bits per heavy atom. The minimum absolute atomic E-state index is 0.102. The molecule has 0 aromatic carbocycles. The Labute approximate surface area is 157 Å². The van der Waals surface area contributed by atoms with E-state index < -0.39 is 0 Å². The smallest absolute Gasteiger partial charge is 0.314 e. The molecule has 1 aliphatic heterocycles. The lowest BCUT2D eigenvalue weighted by molar-refractivity contribution is -0.131. The Bertz CT molecular complexity index is 594. The number of hydrogen-bond acceptors (Lipinski definition) is 4. The van der Waals surface area contributed by atoms with E-state index in [1.807, 2.05) is 4.90 Å². The maximum absolute atomic E-state index is 12.0. The Morgan fingerprint density at radius 2 is 1.80 bits per heavy atom. The fourth-order valence-electron chi connectivity index (χ4n) is 2.55. The fraction of sp³-hybridized carbons (Fsp3) is 0.562. The molecule has 0 aliphatic carbocycles. The normalized spacial score (nSPS) is 14.1. The topological polar surface area (TPSA) is 86.4 Å². The van der Waals surface area contributed by atoms with E-state index in [0.29, 0.717) is 41.9 Å². The van der Waals surface area contributed by atoms with Crippen LogP contribution in [0, 0.1) is 0 Å². The van der Waals surface area contributed by atoms with Gasteiger partial charge in [-0.25, -0.2) is 9.78 Å². The molecular formula is C16H23Cl2N5O2. The van der Waals surface area contributed by atoms with Gasteiger partial charge in [-0.15, -0.1) is 0 Å². The van der Waals surface area contributed by atoms with Gasteiger partial charge in [0.15, 0.2) is 0 Å². The van der Waals surface area contributed by atoms with Gasteiger partial charge in [0.1, 0.15) is 5.82 Å². The molecule has 25 heavy (non-hydrogen) atoms. The third kappa shape index (κ3) is 6.96. The zero-order chi connectivity index (χ0) is 18.1. The second-order valence-corrected chi connectivity index (χ2v) is 6.63. The number of urea groups is 1. The molecule has 1 aliphatic rings.